The smallest absolute Gasteiger partial charge is 0.251 e. The lowest BCUT2D eigenvalue weighted by molar-refractivity contribution is 0.0927. The van der Waals surface area contributed by atoms with E-state index in [-0.39, 0.29) is 18.5 Å². The lowest BCUT2D eigenvalue weighted by Crippen LogP contribution is -2.36. The molecule has 156 valence electrons. The van der Waals surface area contributed by atoms with Gasteiger partial charge in [-0.15, -0.1) is 0 Å². The summed E-state index contributed by atoms with van der Waals surface area (Å²) in [6, 6.07) is 11.8. The minimum Gasteiger partial charge on any atom is -0.349 e. The van der Waals surface area contributed by atoms with Crippen molar-refractivity contribution in [3.63, 3.8) is 0 Å². The number of hydrogen-bond donors (Lipinski definition) is 1. The highest BCUT2D eigenvalue weighted by Gasteiger charge is 2.22. The van der Waals surface area contributed by atoms with E-state index in [9.17, 15) is 13.2 Å². The fourth-order valence-corrected chi connectivity index (χ4v) is 4.91. The second kappa shape index (κ2) is 9.37. The molecular weight excluding hydrogens is 431 g/mol. The molecule has 0 atom stereocenters. The first-order chi connectivity index (χ1) is 13.8. The Morgan fingerprint density at radius 3 is 2.17 bits per heavy atom. The van der Waals surface area contributed by atoms with E-state index in [1.807, 2.05) is 0 Å². The Morgan fingerprint density at radius 2 is 1.62 bits per heavy atom. The van der Waals surface area contributed by atoms with Crippen molar-refractivity contribution in [2.24, 2.45) is 0 Å². The minimum absolute atomic E-state index is 0.00492. The van der Waals surface area contributed by atoms with Crippen LogP contribution in [0.3, 0.4) is 0 Å². The van der Waals surface area contributed by atoms with E-state index in [0.29, 0.717) is 26.9 Å². The van der Waals surface area contributed by atoms with Crippen molar-refractivity contribution in [1.82, 2.24) is 5.32 Å². The summed E-state index contributed by atoms with van der Waals surface area (Å²) in [6.07, 6.45) is 6.63. The van der Waals surface area contributed by atoms with Gasteiger partial charge in [0.2, 0.25) is 10.0 Å². The van der Waals surface area contributed by atoms with Crippen LogP contribution in [0.1, 0.15) is 48.0 Å². The highest BCUT2D eigenvalue weighted by atomic mass is 35.5. The lowest BCUT2D eigenvalue weighted by atomic mass is 9.95. The summed E-state index contributed by atoms with van der Waals surface area (Å²) < 4.78 is 26.0. The third kappa shape index (κ3) is 5.65. The van der Waals surface area contributed by atoms with E-state index in [1.54, 1.807) is 42.5 Å². The molecule has 1 aliphatic carbocycles. The number of nitrogens with one attached hydrogen (secondary N) is 1. The third-order valence-corrected chi connectivity index (χ3v) is 6.97. The number of halogens is 2. The Kier molecular flexibility index (Phi) is 7.09. The number of carbonyl (C=O) groups excluding carboxylic acids is 1. The standard InChI is InChI=1S/C21H24Cl2N2O3S/c1-29(27,28)25(14-18-19(22)8-5-9-20(18)23)17-12-10-15(11-13-17)21(26)24-16-6-3-2-4-7-16/h5,8-13,16H,2-4,6-7,14H2,1H3,(H,24,26). The van der Waals surface area contributed by atoms with Crippen LogP contribution in [-0.2, 0) is 16.6 Å². The Morgan fingerprint density at radius 1 is 1.03 bits per heavy atom. The number of benzene rings is 2. The van der Waals surface area contributed by atoms with E-state index in [0.717, 1.165) is 31.9 Å². The summed E-state index contributed by atoms with van der Waals surface area (Å²) in [5.41, 5.74) is 1.47. The molecule has 0 saturated heterocycles. The molecule has 2 aromatic carbocycles. The molecule has 0 aliphatic heterocycles. The van der Waals surface area contributed by atoms with Crippen LogP contribution in [0.15, 0.2) is 42.5 Å². The van der Waals surface area contributed by atoms with Gasteiger partial charge in [-0.2, -0.15) is 0 Å². The van der Waals surface area contributed by atoms with E-state index in [2.05, 4.69) is 5.32 Å². The van der Waals surface area contributed by atoms with Gasteiger partial charge in [0.05, 0.1) is 18.5 Å². The van der Waals surface area contributed by atoms with Crippen molar-refractivity contribution in [2.75, 3.05) is 10.6 Å². The summed E-state index contributed by atoms with van der Waals surface area (Å²) in [5, 5.41) is 3.86. The van der Waals surface area contributed by atoms with Gasteiger partial charge in [0.15, 0.2) is 0 Å². The van der Waals surface area contributed by atoms with Crippen LogP contribution in [0, 0.1) is 0 Å². The summed E-state index contributed by atoms with van der Waals surface area (Å²) in [4.78, 5) is 12.5. The number of sulfonamides is 1. The van der Waals surface area contributed by atoms with Crippen LogP contribution in [0.25, 0.3) is 0 Å². The van der Waals surface area contributed by atoms with Crippen LogP contribution in [0.2, 0.25) is 10.0 Å². The van der Waals surface area contributed by atoms with Gasteiger partial charge in [0.1, 0.15) is 0 Å². The summed E-state index contributed by atoms with van der Waals surface area (Å²) in [6.45, 7) is 0.00492. The van der Waals surface area contributed by atoms with Crippen molar-refractivity contribution >= 4 is 44.8 Å². The lowest BCUT2D eigenvalue weighted by Gasteiger charge is -2.24. The maximum Gasteiger partial charge on any atom is 0.251 e. The predicted molar refractivity (Wildman–Crippen MR) is 118 cm³/mol. The molecule has 0 spiro atoms. The Bertz CT molecular complexity index is 952. The zero-order valence-corrected chi connectivity index (χ0v) is 18.5. The Labute approximate surface area is 182 Å². The number of hydrogen-bond acceptors (Lipinski definition) is 3. The highest BCUT2D eigenvalue weighted by Crippen LogP contribution is 2.29. The largest absolute Gasteiger partial charge is 0.349 e. The van der Waals surface area contributed by atoms with Gasteiger partial charge < -0.3 is 5.32 Å². The Balaban J connectivity index is 1.80. The first-order valence-corrected chi connectivity index (χ1v) is 12.2. The van der Waals surface area contributed by atoms with Gasteiger partial charge >= 0.3 is 0 Å². The molecule has 1 N–H and O–H groups in total. The molecule has 2 aromatic rings. The van der Waals surface area contributed by atoms with Crippen LogP contribution >= 0.6 is 23.2 Å². The summed E-state index contributed by atoms with van der Waals surface area (Å²) >= 11 is 12.4. The topological polar surface area (TPSA) is 66.5 Å². The minimum atomic E-state index is -3.59. The van der Waals surface area contributed by atoms with Gasteiger partial charge in [-0.05, 0) is 49.2 Å². The number of rotatable bonds is 6. The van der Waals surface area contributed by atoms with Gasteiger partial charge in [-0.1, -0.05) is 48.5 Å². The molecule has 1 fully saturated rings. The molecule has 0 bridgehead atoms. The van der Waals surface area contributed by atoms with Crippen molar-refractivity contribution in [1.29, 1.82) is 0 Å². The predicted octanol–water partition coefficient (Wildman–Crippen LogP) is 5.02. The van der Waals surface area contributed by atoms with E-state index < -0.39 is 10.0 Å². The fourth-order valence-electron chi connectivity index (χ4n) is 3.52. The number of amides is 1. The second-order valence-corrected chi connectivity index (χ2v) is 10.0. The molecule has 1 saturated carbocycles. The quantitative estimate of drug-likeness (QED) is 0.665. The summed E-state index contributed by atoms with van der Waals surface area (Å²) in [5.74, 6) is -0.136. The molecule has 0 heterocycles. The van der Waals surface area contributed by atoms with Gasteiger partial charge in [0.25, 0.3) is 5.91 Å². The molecule has 0 aromatic heterocycles. The highest BCUT2D eigenvalue weighted by molar-refractivity contribution is 7.92. The number of carbonyl (C=O) groups is 1. The van der Waals surface area contributed by atoms with Gasteiger partial charge in [-0.3, -0.25) is 9.10 Å². The second-order valence-electron chi connectivity index (χ2n) is 7.33. The van der Waals surface area contributed by atoms with Crippen molar-refractivity contribution in [2.45, 2.75) is 44.7 Å². The van der Waals surface area contributed by atoms with Crippen LogP contribution in [0.4, 0.5) is 5.69 Å². The SMILES string of the molecule is CS(=O)(=O)N(Cc1c(Cl)cccc1Cl)c1ccc(C(=O)NC2CCCCC2)cc1. The van der Waals surface area contributed by atoms with Crippen LogP contribution < -0.4 is 9.62 Å². The molecule has 0 unspecified atom stereocenters. The third-order valence-electron chi connectivity index (χ3n) is 5.12. The molecule has 8 heteroatoms. The van der Waals surface area contributed by atoms with Crippen molar-refractivity contribution < 1.29 is 13.2 Å². The first kappa shape index (κ1) is 21.9. The van der Waals surface area contributed by atoms with E-state index >= 15 is 0 Å². The Hall–Kier alpha value is -1.76. The van der Waals surface area contributed by atoms with Gasteiger partial charge in [0, 0.05) is 27.2 Å². The zero-order valence-electron chi connectivity index (χ0n) is 16.2. The van der Waals surface area contributed by atoms with Crippen LogP contribution in [-0.4, -0.2) is 26.6 Å². The number of anilines is 1. The average molecular weight is 455 g/mol. The molecule has 0 radical (unpaired) electrons. The first-order valence-electron chi connectivity index (χ1n) is 9.57. The van der Waals surface area contributed by atoms with Crippen molar-refractivity contribution in [3.8, 4) is 0 Å². The molecule has 29 heavy (non-hydrogen) atoms. The summed E-state index contributed by atoms with van der Waals surface area (Å²) in [7, 11) is -3.59. The van der Waals surface area contributed by atoms with E-state index in [4.69, 9.17) is 23.2 Å². The van der Waals surface area contributed by atoms with E-state index in [1.165, 1.54) is 10.7 Å². The maximum atomic E-state index is 12.5. The molecule has 3 rings (SSSR count). The zero-order chi connectivity index (χ0) is 21.0. The molecule has 1 amide bonds. The number of nitrogens with zero attached hydrogens (tertiary/aromatic N) is 1. The van der Waals surface area contributed by atoms with Crippen LogP contribution in [0.5, 0.6) is 0 Å². The average Bonchev–Trinajstić information content (AvgIpc) is 2.68. The van der Waals surface area contributed by atoms with Gasteiger partial charge in [-0.25, -0.2) is 8.42 Å². The van der Waals surface area contributed by atoms with Crippen molar-refractivity contribution in [3.05, 3.63) is 63.6 Å². The molecule has 5 nitrogen and oxygen atoms in total. The molecule has 1 aliphatic rings. The molecular formula is C21H24Cl2N2O3S. The fraction of sp³-hybridized carbons (Fsp3) is 0.381. The normalized spacial score (nSPS) is 15.1. The maximum absolute atomic E-state index is 12.5. The monoisotopic (exact) mass is 454 g/mol.